The van der Waals surface area contributed by atoms with Crippen LogP contribution in [0, 0.1) is 5.92 Å². The van der Waals surface area contributed by atoms with Crippen LogP contribution in [0.25, 0.3) is 44.2 Å². The van der Waals surface area contributed by atoms with Crippen molar-refractivity contribution >= 4 is 45.8 Å². The Kier molecular flexibility index (Phi) is 8.78. The fourth-order valence-corrected chi connectivity index (χ4v) is 9.16. The zero-order chi connectivity index (χ0) is 37.8. The number of H-pyrrole nitrogens is 2. The normalized spacial score (nSPS) is 21.2. The van der Waals surface area contributed by atoms with Gasteiger partial charge in [0, 0.05) is 23.5 Å². The van der Waals surface area contributed by atoms with Crippen molar-refractivity contribution in [2.24, 2.45) is 5.92 Å². The Hall–Kier alpha value is -6.12. The molecule has 4 aliphatic rings. The van der Waals surface area contributed by atoms with Gasteiger partial charge < -0.3 is 44.6 Å². The van der Waals surface area contributed by atoms with E-state index in [1.165, 1.54) is 14.2 Å². The summed E-state index contributed by atoms with van der Waals surface area (Å²) < 4.78 is 15.7. The van der Waals surface area contributed by atoms with Crippen LogP contribution in [0.15, 0.2) is 48.7 Å². The first-order chi connectivity index (χ1) is 26.8. The number of benzene rings is 3. The molecule has 5 heterocycles. The molecule has 1 aliphatic carbocycles. The number of likely N-dealkylation sites (tertiary alicyclic amines) is 2. The molecular formula is C40H42N8O7. The van der Waals surface area contributed by atoms with Crippen LogP contribution in [-0.4, -0.2) is 93.6 Å². The Labute approximate surface area is 316 Å². The number of methoxy groups -OCH3 is 2. The number of carbonyl (C=O) groups excluding carboxylic acids is 4. The average Bonchev–Trinajstić information content (AvgIpc) is 4.05. The molecule has 4 atom stereocenters. The number of rotatable bonds is 7. The van der Waals surface area contributed by atoms with Crippen molar-refractivity contribution < 1.29 is 33.4 Å². The van der Waals surface area contributed by atoms with Crippen molar-refractivity contribution in [2.45, 2.75) is 63.3 Å². The zero-order valence-electron chi connectivity index (χ0n) is 30.6. The number of amides is 4. The second kappa shape index (κ2) is 13.9. The number of aromatic nitrogens is 4. The lowest BCUT2D eigenvalue weighted by Crippen LogP contribution is -2.44. The van der Waals surface area contributed by atoms with Crippen molar-refractivity contribution in [2.75, 3.05) is 33.9 Å². The molecule has 3 aromatic carbocycles. The summed E-state index contributed by atoms with van der Waals surface area (Å²) in [7, 11) is 2.55. The van der Waals surface area contributed by atoms with Crippen LogP contribution in [0.1, 0.15) is 67.8 Å². The van der Waals surface area contributed by atoms with Gasteiger partial charge in [-0.05, 0) is 84.4 Å². The minimum absolute atomic E-state index is 0.120. The second-order valence-corrected chi connectivity index (χ2v) is 14.7. The van der Waals surface area contributed by atoms with E-state index >= 15 is 0 Å². The maximum absolute atomic E-state index is 13.5. The highest BCUT2D eigenvalue weighted by molar-refractivity contribution is 6.07. The number of hydrogen-bond donors (Lipinski definition) is 4. The standard InChI is InChI=1S/C40H42N8O7/c1-53-39(51)42-18-34(49)47-12-4-7-31(47)37-41-17-29(45-37)22-8-10-25-24(13-22)20-55-33-16-26-21(14-27(25)33)9-11-28-36(26)46-38(44-28)32-15-23-5-3-6-30(23)48(32)35(50)19-43-40(52)54-2/h8-11,13-14,16-17,23,30-32H,3-7,12,15,18-20H2,1-2H3,(H,41,45)(H,42,51)(H,43,52)(H,44,46)/t23-,30-,31-,32?/m0/s1. The lowest BCUT2D eigenvalue weighted by molar-refractivity contribution is -0.133. The van der Waals surface area contributed by atoms with Crippen molar-refractivity contribution in [1.29, 1.82) is 0 Å². The number of alkyl carbamates (subject to hydrolysis) is 2. The molecule has 3 aliphatic heterocycles. The summed E-state index contributed by atoms with van der Waals surface area (Å²) in [4.78, 5) is 70.0. The summed E-state index contributed by atoms with van der Waals surface area (Å²) in [6.07, 6.45) is 6.10. The van der Waals surface area contributed by atoms with Crippen LogP contribution in [0.3, 0.4) is 0 Å². The molecule has 55 heavy (non-hydrogen) atoms. The third-order valence-corrected chi connectivity index (χ3v) is 11.7. The highest BCUT2D eigenvalue weighted by Gasteiger charge is 2.47. The number of hydrogen-bond acceptors (Lipinski definition) is 9. The molecule has 1 saturated carbocycles. The predicted octanol–water partition coefficient (Wildman–Crippen LogP) is 5.48. The summed E-state index contributed by atoms with van der Waals surface area (Å²) in [5.41, 5.74) is 6.67. The lowest BCUT2D eigenvalue weighted by Gasteiger charge is -2.29. The van der Waals surface area contributed by atoms with Gasteiger partial charge >= 0.3 is 12.2 Å². The van der Waals surface area contributed by atoms with Crippen molar-refractivity contribution in [3.8, 4) is 28.1 Å². The smallest absolute Gasteiger partial charge is 0.407 e. The number of imidazole rings is 2. The van der Waals surface area contributed by atoms with Crippen LogP contribution < -0.4 is 15.4 Å². The monoisotopic (exact) mass is 746 g/mol. The summed E-state index contributed by atoms with van der Waals surface area (Å²) in [6.45, 7) is 0.739. The Morgan fingerprint density at radius 1 is 0.873 bits per heavy atom. The Balaban J connectivity index is 0.966. The summed E-state index contributed by atoms with van der Waals surface area (Å²) >= 11 is 0. The van der Waals surface area contributed by atoms with E-state index in [-0.39, 0.29) is 43.0 Å². The van der Waals surface area contributed by atoms with Gasteiger partial charge in [-0.25, -0.2) is 19.6 Å². The molecule has 4 N–H and O–H groups in total. The van der Waals surface area contributed by atoms with Crippen LogP contribution in [0.5, 0.6) is 5.75 Å². The number of nitrogens with one attached hydrogen (secondary N) is 4. The number of nitrogens with zero attached hydrogens (tertiary/aromatic N) is 4. The summed E-state index contributed by atoms with van der Waals surface area (Å²) in [5.74, 6) is 2.34. The Morgan fingerprint density at radius 3 is 2.51 bits per heavy atom. The first kappa shape index (κ1) is 34.6. The quantitative estimate of drug-likeness (QED) is 0.167. The molecule has 5 aromatic rings. The molecule has 2 aromatic heterocycles. The van der Waals surface area contributed by atoms with E-state index in [0.717, 1.165) is 99.9 Å². The van der Waals surface area contributed by atoms with Crippen molar-refractivity contribution in [1.82, 2.24) is 40.4 Å². The average molecular weight is 747 g/mol. The molecule has 15 nitrogen and oxygen atoms in total. The van der Waals surface area contributed by atoms with Gasteiger partial charge in [0.2, 0.25) is 11.8 Å². The van der Waals surface area contributed by atoms with Gasteiger partial charge in [-0.2, -0.15) is 0 Å². The van der Waals surface area contributed by atoms with Crippen LogP contribution in [0.2, 0.25) is 0 Å². The molecule has 284 valence electrons. The molecular weight excluding hydrogens is 704 g/mol. The molecule has 2 saturated heterocycles. The van der Waals surface area contributed by atoms with E-state index in [1.807, 2.05) is 11.0 Å². The molecule has 0 radical (unpaired) electrons. The van der Waals surface area contributed by atoms with E-state index in [1.54, 1.807) is 11.1 Å². The van der Waals surface area contributed by atoms with Gasteiger partial charge in [0.25, 0.3) is 0 Å². The molecule has 9 rings (SSSR count). The number of aromatic amines is 2. The summed E-state index contributed by atoms with van der Waals surface area (Å²) in [6, 6.07) is 14.4. The van der Waals surface area contributed by atoms with E-state index in [4.69, 9.17) is 9.72 Å². The fourth-order valence-electron chi connectivity index (χ4n) is 9.16. The van der Waals surface area contributed by atoms with E-state index in [0.29, 0.717) is 24.9 Å². The molecule has 0 bridgehead atoms. The van der Waals surface area contributed by atoms with E-state index < -0.39 is 12.2 Å². The Morgan fingerprint density at radius 2 is 1.69 bits per heavy atom. The first-order valence-electron chi connectivity index (χ1n) is 18.8. The highest BCUT2D eigenvalue weighted by atomic mass is 16.5. The molecule has 1 unspecified atom stereocenters. The molecule has 0 spiro atoms. The third-order valence-electron chi connectivity index (χ3n) is 11.7. The predicted molar refractivity (Wildman–Crippen MR) is 201 cm³/mol. The maximum Gasteiger partial charge on any atom is 0.407 e. The van der Waals surface area contributed by atoms with E-state index in [9.17, 15) is 19.2 Å². The topological polar surface area (TPSA) is 184 Å². The van der Waals surface area contributed by atoms with Crippen LogP contribution >= 0.6 is 0 Å². The number of carbonyl (C=O) groups is 4. The first-order valence-corrected chi connectivity index (χ1v) is 18.8. The molecule has 4 amide bonds. The zero-order valence-corrected chi connectivity index (χ0v) is 30.6. The summed E-state index contributed by atoms with van der Waals surface area (Å²) in [5, 5.41) is 7.06. The second-order valence-electron chi connectivity index (χ2n) is 14.7. The van der Waals surface area contributed by atoms with Gasteiger partial charge in [0.05, 0.1) is 49.2 Å². The van der Waals surface area contributed by atoms with Gasteiger partial charge in [0.1, 0.15) is 37.1 Å². The van der Waals surface area contributed by atoms with Gasteiger partial charge in [0.15, 0.2) is 0 Å². The Bertz CT molecular complexity index is 2350. The van der Waals surface area contributed by atoms with E-state index in [2.05, 4.69) is 71.5 Å². The van der Waals surface area contributed by atoms with Crippen LogP contribution in [0.4, 0.5) is 9.59 Å². The minimum Gasteiger partial charge on any atom is -0.488 e. The molecule has 3 fully saturated rings. The minimum atomic E-state index is -0.641. The largest absolute Gasteiger partial charge is 0.488 e. The molecule has 15 heteroatoms. The maximum atomic E-state index is 13.5. The number of fused-ring (bicyclic) bond motifs is 7. The van der Waals surface area contributed by atoms with Crippen molar-refractivity contribution in [3.63, 3.8) is 0 Å². The van der Waals surface area contributed by atoms with Gasteiger partial charge in [-0.1, -0.05) is 24.6 Å². The highest BCUT2D eigenvalue weighted by Crippen LogP contribution is 2.48. The van der Waals surface area contributed by atoms with Gasteiger partial charge in [-0.3, -0.25) is 9.59 Å². The SMILES string of the molecule is COC(=O)NCC(=O)N1CCC[C@H]1c1ncc(-c2ccc3c(c2)COc2cc4c(ccc5nc(C6C[C@@H]7CCC[C@@H]7N6C(=O)CNC(=O)OC)[nH]c54)cc2-3)[nH]1. The lowest BCUT2D eigenvalue weighted by atomic mass is 9.92. The third kappa shape index (κ3) is 6.16. The van der Waals surface area contributed by atoms with Crippen LogP contribution in [-0.2, 0) is 25.7 Å². The van der Waals surface area contributed by atoms with Crippen molar-refractivity contribution in [3.05, 3.63) is 65.9 Å². The van der Waals surface area contributed by atoms with Gasteiger partial charge in [-0.15, -0.1) is 0 Å². The number of ether oxygens (including phenoxy) is 3. The fraction of sp³-hybridized carbons (Fsp3) is 0.400.